The third-order valence-electron chi connectivity index (χ3n) is 15.0. The summed E-state index contributed by atoms with van der Waals surface area (Å²) in [6.45, 7) is 5.69. The van der Waals surface area contributed by atoms with E-state index >= 15 is 0 Å². The zero-order chi connectivity index (χ0) is 44.7. The van der Waals surface area contributed by atoms with Gasteiger partial charge < -0.3 is 14.4 Å². The maximum Gasteiger partial charge on any atom is -0.0162 e. The number of hydrogen-bond acceptors (Lipinski definition) is 0. The smallest absolute Gasteiger partial charge is 0.0162 e. The second kappa shape index (κ2) is 29.0. The first-order valence-corrected chi connectivity index (χ1v) is 29.2. The van der Waals surface area contributed by atoms with E-state index in [1.54, 1.807) is 22.3 Å². The quantitative estimate of drug-likeness (QED) is 0.105. The molecular weight excluding hydrogens is 968 g/mol. The van der Waals surface area contributed by atoms with Gasteiger partial charge in [0.15, 0.2) is 0 Å². The molecule has 67 heavy (non-hydrogen) atoms. The molecule has 2 radical (unpaired) electrons. The van der Waals surface area contributed by atoms with Crippen molar-refractivity contribution in [3.63, 3.8) is 0 Å². The molecule has 4 saturated carbocycles. The van der Waals surface area contributed by atoms with Crippen LogP contribution < -0.4 is 0 Å². The Labute approximate surface area is 432 Å². The van der Waals surface area contributed by atoms with Gasteiger partial charge in [0, 0.05) is 0 Å². The van der Waals surface area contributed by atoms with Gasteiger partial charge in [0.2, 0.25) is 0 Å². The van der Waals surface area contributed by atoms with Crippen LogP contribution in [0, 0.1) is 26.2 Å². The number of hydrogen-bond donors (Lipinski definition) is 0. The maximum absolute atomic E-state index is 10.7. The number of halogens is 5. The Balaban J connectivity index is 0.000000243. The summed E-state index contributed by atoms with van der Waals surface area (Å²) in [5.41, 5.74) is 11.8. The summed E-state index contributed by atoms with van der Waals surface area (Å²) >= 11 is 1.36. The van der Waals surface area contributed by atoms with Gasteiger partial charge in [-0.3, -0.25) is 0 Å². The minimum absolute atomic E-state index is 0. The van der Waals surface area contributed by atoms with Gasteiger partial charge >= 0.3 is 36.4 Å². The Morgan fingerprint density at radius 3 is 1.12 bits per heavy atom. The van der Waals surface area contributed by atoms with Crippen molar-refractivity contribution in [2.75, 3.05) is 0 Å². The number of rotatable bonds is 8. The number of fused-ring (bicyclic) bond motifs is 2. The molecule has 0 atom stereocenters. The Morgan fingerprint density at radius 1 is 0.493 bits per heavy atom. The van der Waals surface area contributed by atoms with Crippen LogP contribution >= 0.6 is 24.8 Å². The van der Waals surface area contributed by atoms with Gasteiger partial charge in [0.1, 0.15) is 0 Å². The molecule has 362 valence electrons. The van der Waals surface area contributed by atoms with Crippen LogP contribution in [0.1, 0.15) is 169 Å². The predicted octanol–water partition coefficient (Wildman–Crippen LogP) is 19.5. The molecule has 4 fully saturated rings. The molecule has 7 heteroatoms. The van der Waals surface area contributed by atoms with E-state index in [9.17, 15) is 13.2 Å². The molecule has 0 aliphatic heterocycles. The fraction of sp³-hybridized carbons (Fsp3) is 0.467. The fourth-order valence-corrected chi connectivity index (χ4v) is 11.5. The Kier molecular flexibility index (Phi) is 24.8. The molecule has 0 spiro atoms. The minimum Gasteiger partial charge on any atom is -0.164 e. The SMILES string of the molecule is Cl.Cl.[CH2-]CC(F)(F)F.[CH3-].[Si]=[Zr].c1cc(-c2ccc(C3CCCCC3)cc2)c2cc(CC3CCCCC3)[cH-]c2c1.c1cc(-c2ccc(C3CCCCC3)cc2)c2cc(CC3CCCCC3)[cH-]c2c1. The molecule has 0 N–H and O–H groups in total. The van der Waals surface area contributed by atoms with Crippen LogP contribution in [-0.2, 0) is 36.2 Å². The van der Waals surface area contributed by atoms with Crippen LogP contribution in [0.2, 0.25) is 0 Å². The van der Waals surface area contributed by atoms with Crippen molar-refractivity contribution in [3.05, 3.63) is 146 Å². The van der Waals surface area contributed by atoms with Crippen LogP contribution in [0.3, 0.4) is 0 Å². The predicted molar refractivity (Wildman–Crippen MR) is 285 cm³/mol. The monoisotopic (exact) mass is 1040 g/mol. The molecule has 6 aromatic rings. The van der Waals surface area contributed by atoms with E-state index in [1.165, 1.54) is 208 Å². The molecule has 10 rings (SSSR count). The largest absolute Gasteiger partial charge is 0.164 e. The van der Waals surface area contributed by atoms with Crippen LogP contribution in [0.15, 0.2) is 109 Å². The van der Waals surface area contributed by atoms with Crippen molar-refractivity contribution in [1.82, 2.24) is 0 Å². The molecule has 0 aromatic heterocycles. The molecule has 0 bridgehead atoms. The van der Waals surface area contributed by atoms with E-state index in [4.69, 9.17) is 0 Å². The van der Waals surface area contributed by atoms with Crippen LogP contribution in [0.25, 0.3) is 43.8 Å². The Morgan fingerprint density at radius 2 is 0.806 bits per heavy atom. The average molecular weight is 1040 g/mol. The van der Waals surface area contributed by atoms with E-state index < -0.39 is 12.6 Å². The van der Waals surface area contributed by atoms with E-state index in [2.05, 4.69) is 123 Å². The van der Waals surface area contributed by atoms with Gasteiger partial charge in [-0.05, 0) is 84.5 Å². The summed E-state index contributed by atoms with van der Waals surface area (Å²) in [5.74, 6) is 3.40. The molecule has 6 aromatic carbocycles. The maximum atomic E-state index is 10.7. The van der Waals surface area contributed by atoms with Crippen LogP contribution in [0.5, 0.6) is 0 Å². The van der Waals surface area contributed by atoms with Crippen molar-refractivity contribution in [1.29, 1.82) is 0 Å². The van der Waals surface area contributed by atoms with Gasteiger partial charge in [-0.1, -0.05) is 181 Å². The van der Waals surface area contributed by atoms with Crippen molar-refractivity contribution < 1.29 is 36.5 Å². The van der Waals surface area contributed by atoms with Gasteiger partial charge in [0.05, 0.1) is 0 Å². The standard InChI is InChI=1S/2C28H33.C3H4F3.CH3.2ClH.Si.Zr/c2*1-3-8-21(9-4-1)18-22-19-26-12-7-13-27(28(26)20-22)25-16-14-24(15-17-25)23-10-5-2-6-11-23;1-2-3(4,5)6;;;;;/h2*7,12-17,19-21,23H,1-6,8-11,18H2;1-2H2;1H3;2*1H;;/q4*-1;;;;. The Bertz CT molecular complexity index is 2130. The number of benzene rings is 4. The van der Waals surface area contributed by atoms with Gasteiger partial charge in [-0.2, -0.15) is 25.3 Å². The van der Waals surface area contributed by atoms with Gasteiger partial charge in [-0.25, -0.2) is 0 Å². The summed E-state index contributed by atoms with van der Waals surface area (Å²) in [5, 5.41) is 5.72. The topological polar surface area (TPSA) is 0 Å². The van der Waals surface area contributed by atoms with Gasteiger partial charge in [0.25, 0.3) is 0 Å². The third-order valence-corrected chi connectivity index (χ3v) is 15.0. The Hall–Kier alpha value is -2.43. The zero-order valence-corrected chi connectivity index (χ0v) is 45.2. The first kappa shape index (κ1) is 57.2. The normalized spacial score (nSPS) is 17.2. The third kappa shape index (κ3) is 16.6. The second-order valence-corrected chi connectivity index (χ2v) is 19.5. The summed E-state index contributed by atoms with van der Waals surface area (Å²) in [6, 6.07) is 42.6. The molecule has 0 unspecified atom stereocenters. The summed E-state index contributed by atoms with van der Waals surface area (Å²) in [6.07, 6.45) is 25.8. The van der Waals surface area contributed by atoms with E-state index in [0.717, 1.165) is 23.7 Å². The van der Waals surface area contributed by atoms with Crippen molar-refractivity contribution >= 4 is 53.2 Å². The molecule has 4 aliphatic rings. The first-order valence-electron chi connectivity index (χ1n) is 25.0. The van der Waals surface area contributed by atoms with Crippen LogP contribution in [-0.4, -0.2) is 13.1 Å². The van der Waals surface area contributed by atoms with Gasteiger partial charge in [-0.15, -0.1) is 93.9 Å². The van der Waals surface area contributed by atoms with Crippen molar-refractivity contribution in [2.45, 2.75) is 166 Å². The second-order valence-electron chi connectivity index (χ2n) is 19.5. The molecule has 0 heterocycles. The van der Waals surface area contributed by atoms with E-state index in [-0.39, 0.29) is 32.2 Å². The summed E-state index contributed by atoms with van der Waals surface area (Å²) in [4.78, 5) is 0. The van der Waals surface area contributed by atoms with Crippen molar-refractivity contribution in [3.8, 4) is 22.3 Å². The summed E-state index contributed by atoms with van der Waals surface area (Å²) < 4.78 is 32.2. The molecular formula is C60H75Cl2F3SiZr-4. The molecule has 0 amide bonds. The molecule has 4 aliphatic carbocycles. The minimum atomic E-state index is -4.07. The average Bonchev–Trinajstić information content (AvgIpc) is 3.97. The number of alkyl halides is 3. The van der Waals surface area contributed by atoms with E-state index in [1.807, 2.05) is 0 Å². The molecule has 0 nitrogen and oxygen atoms in total. The van der Waals surface area contributed by atoms with Crippen LogP contribution in [0.4, 0.5) is 13.2 Å². The van der Waals surface area contributed by atoms with Crippen molar-refractivity contribution in [2.24, 2.45) is 11.8 Å². The molecule has 0 saturated heterocycles. The fourth-order valence-electron chi connectivity index (χ4n) is 11.5. The van der Waals surface area contributed by atoms with E-state index in [0.29, 0.717) is 0 Å². The zero-order valence-electron chi connectivity index (χ0n) is 40.1. The first-order chi connectivity index (χ1) is 31.3. The summed E-state index contributed by atoms with van der Waals surface area (Å²) in [7, 11) is 0.